The fourth-order valence-electron chi connectivity index (χ4n) is 2.37. The molecule has 2 N–H and O–H groups in total. The van der Waals surface area contributed by atoms with E-state index < -0.39 is 0 Å². The molecule has 3 rings (SSSR count). The maximum absolute atomic E-state index is 6.21. The van der Waals surface area contributed by atoms with E-state index in [-0.39, 0.29) is 0 Å². The van der Waals surface area contributed by atoms with Crippen LogP contribution in [0.1, 0.15) is 18.1 Å². The molecular weight excluding hydrogens is 436 g/mol. The minimum absolute atomic E-state index is 0.498. The van der Waals surface area contributed by atoms with Gasteiger partial charge in [-0.3, -0.25) is 9.36 Å². The Hall–Kier alpha value is -1.90. The Bertz CT molecular complexity index is 906. The van der Waals surface area contributed by atoms with Gasteiger partial charge >= 0.3 is 0 Å². The maximum Gasteiger partial charge on any atom is 0.172 e. The third-order valence-corrected chi connectivity index (χ3v) is 4.90. The Morgan fingerprint density at radius 3 is 2.81 bits per heavy atom. The first kappa shape index (κ1) is 18.9. The predicted octanol–water partition coefficient (Wildman–Crippen LogP) is 4.05. The normalized spacial score (nSPS) is 10.7. The lowest BCUT2D eigenvalue weighted by molar-refractivity contribution is 0.659. The Kier molecular flexibility index (Phi) is 6.29. The van der Waals surface area contributed by atoms with Crippen LogP contribution in [0.2, 0.25) is 5.02 Å². The molecule has 0 aliphatic rings. The second-order valence-corrected chi connectivity index (χ2v) is 7.30. The first-order valence-corrected chi connectivity index (χ1v) is 9.65. The van der Waals surface area contributed by atoms with Crippen LogP contribution in [0.5, 0.6) is 0 Å². The summed E-state index contributed by atoms with van der Waals surface area (Å²) in [5, 5.41) is 16.2. The van der Waals surface area contributed by atoms with Crippen LogP contribution in [0.3, 0.4) is 0 Å². The van der Waals surface area contributed by atoms with Gasteiger partial charge in [0.15, 0.2) is 10.9 Å². The lowest BCUT2D eigenvalue weighted by Crippen LogP contribution is -2.28. The van der Waals surface area contributed by atoms with E-state index in [9.17, 15) is 0 Å². The van der Waals surface area contributed by atoms with Gasteiger partial charge in [0.05, 0.1) is 17.2 Å². The molecule has 0 aliphatic heterocycles. The molecule has 0 saturated carbocycles. The molecule has 0 fully saturated rings. The number of rotatable bonds is 6. The third-order valence-electron chi connectivity index (χ3n) is 3.70. The summed E-state index contributed by atoms with van der Waals surface area (Å²) >= 11 is 15.1. The van der Waals surface area contributed by atoms with Crippen LogP contribution in [0.25, 0.3) is 0 Å². The van der Waals surface area contributed by atoms with Crippen LogP contribution in [-0.4, -0.2) is 24.7 Å². The van der Waals surface area contributed by atoms with Crippen LogP contribution in [0, 0.1) is 0 Å². The highest BCUT2D eigenvalue weighted by atomic mass is 79.9. The number of benzene rings is 1. The smallest absolute Gasteiger partial charge is 0.172 e. The molecule has 136 valence electrons. The largest absolute Gasteiger partial charge is 0.358 e. The van der Waals surface area contributed by atoms with E-state index in [0.29, 0.717) is 24.0 Å². The summed E-state index contributed by atoms with van der Waals surface area (Å²) in [5.41, 5.74) is 2.07. The van der Waals surface area contributed by atoms with E-state index in [4.69, 9.17) is 23.8 Å². The minimum atomic E-state index is 0.498. The molecule has 1 aromatic carbocycles. The molecule has 0 unspecified atom stereocenters. The highest BCUT2D eigenvalue weighted by Crippen LogP contribution is 2.22. The summed E-state index contributed by atoms with van der Waals surface area (Å²) in [6, 6.07) is 7.72. The van der Waals surface area contributed by atoms with Gasteiger partial charge in [0, 0.05) is 36.1 Å². The first-order valence-electron chi connectivity index (χ1n) is 8.07. The molecule has 6 nitrogen and oxygen atoms in total. The number of thiocarbonyl (C=S) groups is 1. The van der Waals surface area contributed by atoms with Gasteiger partial charge in [0.25, 0.3) is 0 Å². The molecule has 0 spiro atoms. The summed E-state index contributed by atoms with van der Waals surface area (Å²) in [5.74, 6) is 0.652. The summed E-state index contributed by atoms with van der Waals surface area (Å²) in [6.45, 7) is 4.07. The zero-order valence-corrected chi connectivity index (χ0v) is 17.3. The van der Waals surface area contributed by atoms with Crippen molar-refractivity contribution in [3.05, 3.63) is 63.5 Å². The molecule has 2 aromatic heterocycles. The second kappa shape index (κ2) is 8.66. The van der Waals surface area contributed by atoms with Crippen LogP contribution in [-0.2, 0) is 19.6 Å². The van der Waals surface area contributed by atoms with Crippen molar-refractivity contribution in [2.24, 2.45) is 0 Å². The molecule has 0 aliphatic carbocycles. The van der Waals surface area contributed by atoms with E-state index in [1.54, 1.807) is 0 Å². The Labute approximate surface area is 170 Å². The number of hydrogen-bond donors (Lipinski definition) is 2. The Balaban J connectivity index is 1.58. The standard InChI is InChI=1S/C17H18BrClN6S/c1-2-24-9-12(8-21-24)7-20-17(26)22-16-14(18)11-25(23-16)10-13-5-3-4-6-15(13)19/h3-6,8-9,11H,2,7,10H2,1H3,(H2,20,22,23,26). The van der Waals surface area contributed by atoms with Gasteiger partial charge in [-0.05, 0) is 46.7 Å². The second-order valence-electron chi connectivity index (χ2n) is 5.63. The maximum atomic E-state index is 6.21. The molecule has 26 heavy (non-hydrogen) atoms. The summed E-state index contributed by atoms with van der Waals surface area (Å²) in [4.78, 5) is 0. The van der Waals surface area contributed by atoms with Gasteiger partial charge < -0.3 is 10.6 Å². The van der Waals surface area contributed by atoms with Crippen molar-refractivity contribution in [3.8, 4) is 0 Å². The monoisotopic (exact) mass is 452 g/mol. The number of anilines is 1. The zero-order chi connectivity index (χ0) is 18.5. The van der Waals surface area contributed by atoms with Crippen molar-refractivity contribution in [2.45, 2.75) is 26.6 Å². The van der Waals surface area contributed by atoms with Gasteiger partial charge in [-0.25, -0.2) is 0 Å². The lowest BCUT2D eigenvalue weighted by atomic mass is 10.2. The molecule has 9 heteroatoms. The summed E-state index contributed by atoms with van der Waals surface area (Å²) < 4.78 is 4.51. The van der Waals surface area contributed by atoms with Gasteiger partial charge in [-0.2, -0.15) is 10.2 Å². The summed E-state index contributed by atoms with van der Waals surface area (Å²) in [7, 11) is 0. The van der Waals surface area contributed by atoms with Crippen LogP contribution in [0.15, 0.2) is 47.3 Å². The fraction of sp³-hybridized carbons (Fsp3) is 0.235. The van der Waals surface area contributed by atoms with Crippen molar-refractivity contribution in [1.29, 1.82) is 0 Å². The molecular formula is C17H18BrClN6S. The quantitative estimate of drug-likeness (QED) is 0.551. The Morgan fingerprint density at radius 2 is 2.08 bits per heavy atom. The van der Waals surface area contributed by atoms with Gasteiger partial charge in [-0.15, -0.1) is 0 Å². The van der Waals surface area contributed by atoms with Crippen molar-refractivity contribution >= 4 is 50.7 Å². The van der Waals surface area contributed by atoms with Gasteiger partial charge in [0.1, 0.15) is 0 Å². The van der Waals surface area contributed by atoms with E-state index >= 15 is 0 Å². The van der Waals surface area contributed by atoms with Crippen LogP contribution >= 0.6 is 39.7 Å². The highest BCUT2D eigenvalue weighted by molar-refractivity contribution is 9.10. The van der Waals surface area contributed by atoms with Crippen LogP contribution in [0.4, 0.5) is 5.82 Å². The molecule has 0 saturated heterocycles. The minimum Gasteiger partial charge on any atom is -0.358 e. The van der Waals surface area contributed by atoms with Crippen molar-refractivity contribution < 1.29 is 0 Å². The SMILES string of the molecule is CCn1cc(CNC(=S)Nc2nn(Cc3ccccc3Cl)cc2Br)cn1. The first-order chi connectivity index (χ1) is 12.5. The number of aromatic nitrogens is 4. The average Bonchev–Trinajstić information content (AvgIpc) is 3.22. The predicted molar refractivity (Wildman–Crippen MR) is 111 cm³/mol. The molecule has 3 aromatic rings. The summed E-state index contributed by atoms with van der Waals surface area (Å²) in [6.07, 6.45) is 5.71. The number of nitrogens with zero attached hydrogens (tertiary/aromatic N) is 4. The number of halogens is 2. The molecule has 0 amide bonds. The fourth-order valence-corrected chi connectivity index (χ4v) is 3.15. The molecule has 0 radical (unpaired) electrons. The van der Waals surface area contributed by atoms with Gasteiger partial charge in [-0.1, -0.05) is 29.8 Å². The zero-order valence-electron chi connectivity index (χ0n) is 14.1. The van der Waals surface area contributed by atoms with Crippen molar-refractivity contribution in [2.75, 3.05) is 5.32 Å². The van der Waals surface area contributed by atoms with E-state index in [2.05, 4.69) is 36.8 Å². The Morgan fingerprint density at radius 1 is 1.27 bits per heavy atom. The molecule has 0 atom stereocenters. The third kappa shape index (κ3) is 4.84. The van der Waals surface area contributed by atoms with E-state index in [1.165, 1.54) is 0 Å². The number of nitrogens with one attached hydrogen (secondary N) is 2. The molecule has 0 bridgehead atoms. The molecule has 2 heterocycles. The van der Waals surface area contributed by atoms with Gasteiger partial charge in [0.2, 0.25) is 0 Å². The average molecular weight is 454 g/mol. The van der Waals surface area contributed by atoms with Crippen molar-refractivity contribution in [1.82, 2.24) is 24.9 Å². The number of aryl methyl sites for hydroxylation is 1. The van der Waals surface area contributed by atoms with Crippen LogP contribution < -0.4 is 10.6 Å². The van der Waals surface area contributed by atoms with Crippen molar-refractivity contribution in [3.63, 3.8) is 0 Å². The van der Waals surface area contributed by atoms with E-state index in [1.807, 2.05) is 59.1 Å². The highest BCUT2D eigenvalue weighted by Gasteiger charge is 2.10. The topological polar surface area (TPSA) is 59.7 Å². The number of hydrogen-bond acceptors (Lipinski definition) is 3. The van der Waals surface area contributed by atoms with E-state index in [0.717, 1.165) is 27.2 Å². The lowest BCUT2D eigenvalue weighted by Gasteiger charge is -2.08.